The second-order valence-corrected chi connectivity index (χ2v) is 9.31. The van der Waals surface area contributed by atoms with Crippen molar-refractivity contribution in [3.8, 4) is 11.5 Å². The maximum Gasteiger partial charge on any atom is 0.296 e. The molecule has 1 aliphatic heterocycles. The van der Waals surface area contributed by atoms with Crippen LogP contribution < -0.4 is 9.47 Å². The van der Waals surface area contributed by atoms with Crippen molar-refractivity contribution in [1.82, 2.24) is 4.90 Å². The fourth-order valence-electron chi connectivity index (χ4n) is 4.21. The van der Waals surface area contributed by atoms with Crippen LogP contribution in [0.25, 0.3) is 5.76 Å². The van der Waals surface area contributed by atoms with Gasteiger partial charge in [-0.25, -0.2) is 0 Å². The topological polar surface area (TPSA) is 89.2 Å². The van der Waals surface area contributed by atoms with E-state index < -0.39 is 17.7 Å². The molecule has 2 aromatic carbocycles. The van der Waals surface area contributed by atoms with Crippen molar-refractivity contribution in [1.29, 1.82) is 0 Å². The van der Waals surface area contributed by atoms with Gasteiger partial charge in [-0.2, -0.15) is 0 Å². The molecule has 1 unspecified atom stereocenters. The van der Waals surface area contributed by atoms with E-state index >= 15 is 0 Å². The molecule has 0 spiro atoms. The number of aliphatic hydroxyl groups excluding tert-OH is 1. The first-order valence-electron chi connectivity index (χ1n) is 12.0. The monoisotopic (exact) mass is 489 g/mol. The maximum atomic E-state index is 13.2. The van der Waals surface area contributed by atoms with Gasteiger partial charge in [0.1, 0.15) is 11.5 Å². The molecule has 1 aliphatic rings. The molecule has 1 amide bonds. The lowest BCUT2D eigenvalue weighted by molar-refractivity contribution is -0.140. The van der Waals surface area contributed by atoms with Crippen LogP contribution in [0.3, 0.4) is 0 Å². The molecule has 7 heteroatoms. The minimum absolute atomic E-state index is 0.0194. The number of carbonyl (C=O) groups excluding carboxylic acids is 2. The number of amides is 1. The Morgan fingerprint density at radius 1 is 1.08 bits per heavy atom. The number of furan rings is 1. The zero-order valence-corrected chi connectivity index (χ0v) is 21.0. The van der Waals surface area contributed by atoms with E-state index in [-0.39, 0.29) is 17.9 Å². The van der Waals surface area contributed by atoms with E-state index in [1.54, 1.807) is 49.6 Å². The van der Waals surface area contributed by atoms with Crippen molar-refractivity contribution in [2.24, 2.45) is 5.92 Å². The van der Waals surface area contributed by atoms with Gasteiger partial charge in [-0.1, -0.05) is 49.7 Å². The number of nitrogens with zero attached hydrogens (tertiary/aromatic N) is 1. The molecule has 1 aromatic heterocycles. The van der Waals surface area contributed by atoms with Crippen molar-refractivity contribution in [3.63, 3.8) is 0 Å². The normalized spacial score (nSPS) is 17.1. The van der Waals surface area contributed by atoms with Gasteiger partial charge in [-0.15, -0.1) is 0 Å². The van der Waals surface area contributed by atoms with Gasteiger partial charge < -0.3 is 23.9 Å². The zero-order valence-electron chi connectivity index (χ0n) is 21.0. The van der Waals surface area contributed by atoms with Crippen molar-refractivity contribution in [3.05, 3.63) is 88.9 Å². The van der Waals surface area contributed by atoms with Crippen LogP contribution in [0.5, 0.6) is 11.5 Å². The van der Waals surface area contributed by atoms with Crippen molar-refractivity contribution >= 4 is 17.4 Å². The minimum atomic E-state index is -0.838. The van der Waals surface area contributed by atoms with Gasteiger partial charge in [0, 0.05) is 5.56 Å². The van der Waals surface area contributed by atoms with Crippen LogP contribution in [-0.4, -0.2) is 35.4 Å². The van der Waals surface area contributed by atoms with Gasteiger partial charge in [-0.05, 0) is 49.1 Å². The Hall–Kier alpha value is -4.00. The van der Waals surface area contributed by atoms with Crippen LogP contribution in [0.2, 0.25) is 0 Å². The summed E-state index contributed by atoms with van der Waals surface area (Å²) in [6.45, 7) is 6.79. The molecule has 0 saturated carbocycles. The summed E-state index contributed by atoms with van der Waals surface area (Å²) in [4.78, 5) is 27.8. The first kappa shape index (κ1) is 25.1. The predicted octanol–water partition coefficient (Wildman–Crippen LogP) is 5.64. The van der Waals surface area contributed by atoms with Crippen molar-refractivity contribution < 1.29 is 28.6 Å². The third kappa shape index (κ3) is 5.15. The van der Waals surface area contributed by atoms with Crippen molar-refractivity contribution in [2.45, 2.75) is 39.8 Å². The largest absolute Gasteiger partial charge is 0.507 e. The van der Waals surface area contributed by atoms with E-state index in [1.165, 1.54) is 11.2 Å². The molecule has 3 aromatic rings. The van der Waals surface area contributed by atoms with Gasteiger partial charge in [0.25, 0.3) is 11.7 Å². The number of rotatable bonds is 9. The number of methoxy groups -OCH3 is 1. The molecule has 0 radical (unpaired) electrons. The van der Waals surface area contributed by atoms with Crippen LogP contribution in [0, 0.1) is 12.8 Å². The third-order valence-corrected chi connectivity index (χ3v) is 6.23. The number of ketones is 1. The molecule has 0 aliphatic carbocycles. The molecule has 1 saturated heterocycles. The van der Waals surface area contributed by atoms with Crippen LogP contribution in [-0.2, 0) is 16.1 Å². The number of benzene rings is 2. The fraction of sp³-hybridized carbons (Fsp3) is 0.310. The quantitative estimate of drug-likeness (QED) is 0.238. The number of ether oxygens (including phenoxy) is 2. The summed E-state index contributed by atoms with van der Waals surface area (Å²) in [6, 6.07) is 15.1. The first-order valence-corrected chi connectivity index (χ1v) is 12.0. The van der Waals surface area contributed by atoms with E-state index in [4.69, 9.17) is 13.9 Å². The second-order valence-electron chi connectivity index (χ2n) is 9.31. The van der Waals surface area contributed by atoms with Gasteiger partial charge in [0.05, 0.1) is 38.1 Å². The Balaban J connectivity index is 1.79. The Labute approximate surface area is 210 Å². The molecule has 7 nitrogen and oxygen atoms in total. The highest BCUT2D eigenvalue weighted by Gasteiger charge is 2.46. The van der Waals surface area contributed by atoms with Crippen LogP contribution >= 0.6 is 0 Å². The van der Waals surface area contributed by atoms with E-state index in [2.05, 4.69) is 13.8 Å². The molecule has 36 heavy (non-hydrogen) atoms. The minimum Gasteiger partial charge on any atom is -0.507 e. The summed E-state index contributed by atoms with van der Waals surface area (Å²) in [5, 5.41) is 11.2. The van der Waals surface area contributed by atoms with Crippen LogP contribution in [0.1, 0.15) is 48.8 Å². The molecule has 1 N–H and O–H groups in total. The number of carbonyl (C=O) groups is 2. The number of hydrogen-bond acceptors (Lipinski definition) is 6. The SMILES string of the molecule is COc1cc(C2/C(=C(\O)c3ccc(C)cc3)C(=O)C(=O)N2Cc2ccco2)ccc1OCCC(C)C. The summed E-state index contributed by atoms with van der Waals surface area (Å²) in [6.07, 6.45) is 2.41. The van der Waals surface area contributed by atoms with Gasteiger partial charge >= 0.3 is 0 Å². The first-order chi connectivity index (χ1) is 17.3. The number of hydrogen-bond donors (Lipinski definition) is 1. The lowest BCUT2D eigenvalue weighted by Crippen LogP contribution is -2.29. The van der Waals surface area contributed by atoms with Crippen LogP contribution in [0.15, 0.2) is 70.9 Å². The highest BCUT2D eigenvalue weighted by atomic mass is 16.5. The molecule has 1 atom stereocenters. The van der Waals surface area contributed by atoms with Gasteiger partial charge in [0.2, 0.25) is 0 Å². The zero-order chi connectivity index (χ0) is 25.8. The second kappa shape index (κ2) is 10.7. The van der Waals surface area contributed by atoms with E-state index in [0.717, 1.165) is 12.0 Å². The van der Waals surface area contributed by atoms with E-state index in [0.29, 0.717) is 40.9 Å². The molecule has 1 fully saturated rings. The Bertz CT molecular complexity index is 1260. The summed E-state index contributed by atoms with van der Waals surface area (Å²) < 4.78 is 17.0. The summed E-state index contributed by atoms with van der Waals surface area (Å²) in [7, 11) is 1.54. The number of aliphatic hydroxyl groups is 1. The van der Waals surface area contributed by atoms with Gasteiger partial charge in [-0.3, -0.25) is 9.59 Å². The van der Waals surface area contributed by atoms with E-state index in [1.807, 2.05) is 19.1 Å². The molecule has 2 heterocycles. The Kier molecular flexibility index (Phi) is 7.48. The highest BCUT2D eigenvalue weighted by molar-refractivity contribution is 6.46. The summed E-state index contributed by atoms with van der Waals surface area (Å²) >= 11 is 0. The molecule has 4 rings (SSSR count). The smallest absolute Gasteiger partial charge is 0.296 e. The Morgan fingerprint density at radius 2 is 1.83 bits per heavy atom. The number of Topliss-reactive ketones (excluding diaryl/α,β-unsaturated/α-hetero) is 1. The molecular weight excluding hydrogens is 458 g/mol. The average Bonchev–Trinajstić information content (AvgIpc) is 3.46. The standard InChI is InChI=1S/C29H31NO6/c1-18(2)13-15-36-23-12-11-21(16-24(23)34-4)26-25(27(31)20-9-7-19(3)8-10-20)28(32)29(33)30(26)17-22-6-5-14-35-22/h5-12,14,16,18,26,31H,13,15,17H2,1-4H3/b27-25+. The number of aryl methyl sites for hydroxylation is 1. The third-order valence-electron chi connectivity index (χ3n) is 6.23. The Morgan fingerprint density at radius 3 is 2.47 bits per heavy atom. The fourth-order valence-corrected chi connectivity index (χ4v) is 4.21. The molecule has 188 valence electrons. The average molecular weight is 490 g/mol. The molecule has 0 bridgehead atoms. The van der Waals surface area contributed by atoms with Crippen LogP contribution in [0.4, 0.5) is 0 Å². The lowest BCUT2D eigenvalue weighted by Gasteiger charge is -2.25. The van der Waals surface area contributed by atoms with Crippen molar-refractivity contribution in [2.75, 3.05) is 13.7 Å². The number of likely N-dealkylation sites (tertiary alicyclic amines) is 1. The summed E-state index contributed by atoms with van der Waals surface area (Å²) in [5.41, 5.74) is 2.11. The van der Waals surface area contributed by atoms with E-state index in [9.17, 15) is 14.7 Å². The van der Waals surface area contributed by atoms with Gasteiger partial charge in [0.15, 0.2) is 11.5 Å². The lowest BCUT2D eigenvalue weighted by atomic mass is 9.94. The maximum absolute atomic E-state index is 13.2. The highest BCUT2D eigenvalue weighted by Crippen LogP contribution is 2.42. The molecular formula is C29H31NO6. The predicted molar refractivity (Wildman–Crippen MR) is 136 cm³/mol. The summed E-state index contributed by atoms with van der Waals surface area (Å²) in [5.74, 6) is 0.397.